The Morgan fingerprint density at radius 3 is 2.88 bits per heavy atom. The highest BCUT2D eigenvalue weighted by Crippen LogP contribution is 2.26. The number of benzene rings is 1. The number of hydrogen-bond acceptors (Lipinski definition) is 5. The molecule has 0 aliphatic heterocycles. The normalized spacial score (nSPS) is 11.2. The summed E-state index contributed by atoms with van der Waals surface area (Å²) in [7, 11) is 0. The molecular formula is C9H5BrFN5O. The average molecular weight is 298 g/mol. The summed E-state index contributed by atoms with van der Waals surface area (Å²) in [6, 6.07) is 2.90. The van der Waals surface area contributed by atoms with Gasteiger partial charge in [0.05, 0.1) is 15.5 Å². The smallest absolute Gasteiger partial charge is 0.199 e. The number of fused-ring (bicyclic) bond motifs is 1. The summed E-state index contributed by atoms with van der Waals surface area (Å²) in [4.78, 5) is 7.12. The fraction of sp³-hybridized carbons (Fsp3) is 0. The van der Waals surface area contributed by atoms with Crippen molar-refractivity contribution in [2.45, 2.75) is 0 Å². The Hall–Kier alpha value is -1.96. The minimum atomic E-state index is -0.376. The van der Waals surface area contributed by atoms with Gasteiger partial charge < -0.3 is 10.7 Å². The third kappa shape index (κ3) is 1.57. The summed E-state index contributed by atoms with van der Waals surface area (Å²) in [6.45, 7) is 0. The molecule has 2 aromatic heterocycles. The summed E-state index contributed by atoms with van der Waals surface area (Å²) in [5.74, 6) is 0.138. The highest BCUT2D eigenvalue weighted by Gasteiger charge is 2.14. The predicted molar refractivity (Wildman–Crippen MR) is 61.5 cm³/mol. The number of nitrogens with two attached hydrogens (primary N) is 1. The van der Waals surface area contributed by atoms with Gasteiger partial charge in [-0.3, -0.25) is 0 Å². The quantitative estimate of drug-likeness (QED) is 0.717. The number of nitrogens with zero attached hydrogens (tertiary/aromatic N) is 3. The maximum absolute atomic E-state index is 13.3. The van der Waals surface area contributed by atoms with E-state index in [1.165, 1.54) is 6.07 Å². The van der Waals surface area contributed by atoms with Crippen molar-refractivity contribution in [3.05, 3.63) is 22.4 Å². The molecule has 17 heavy (non-hydrogen) atoms. The molecular weight excluding hydrogens is 293 g/mol. The molecule has 0 spiro atoms. The van der Waals surface area contributed by atoms with Crippen molar-refractivity contribution in [1.29, 1.82) is 0 Å². The standard InChI is InChI=1S/C9H5BrFN5O/c10-3-1-5-6(2-4(3)11)14-9(13-5)7-8(12)16-17-15-7/h1-2H,(H2,12,16)(H,13,14). The second-order valence-corrected chi connectivity index (χ2v) is 4.22. The molecule has 0 bridgehead atoms. The van der Waals surface area contributed by atoms with Crippen LogP contribution in [-0.4, -0.2) is 20.3 Å². The number of hydrogen-bond donors (Lipinski definition) is 2. The van der Waals surface area contributed by atoms with E-state index in [-0.39, 0.29) is 11.6 Å². The first-order chi connectivity index (χ1) is 8.15. The number of imidazole rings is 1. The maximum Gasteiger partial charge on any atom is 0.199 e. The number of rotatable bonds is 1. The SMILES string of the molecule is Nc1nonc1-c1nc2cc(Br)c(F)cc2[nH]1. The van der Waals surface area contributed by atoms with Crippen LogP contribution in [0.15, 0.2) is 21.2 Å². The fourth-order valence-corrected chi connectivity index (χ4v) is 1.81. The summed E-state index contributed by atoms with van der Waals surface area (Å²) in [5.41, 5.74) is 6.98. The largest absolute Gasteiger partial charge is 0.379 e. The van der Waals surface area contributed by atoms with Crippen molar-refractivity contribution in [3.63, 3.8) is 0 Å². The van der Waals surface area contributed by atoms with Gasteiger partial charge in [0, 0.05) is 6.07 Å². The maximum atomic E-state index is 13.3. The zero-order valence-corrected chi connectivity index (χ0v) is 9.82. The number of aromatic amines is 1. The van der Waals surface area contributed by atoms with Gasteiger partial charge in [-0.25, -0.2) is 14.0 Å². The zero-order chi connectivity index (χ0) is 12.0. The minimum absolute atomic E-state index is 0.128. The van der Waals surface area contributed by atoms with Gasteiger partial charge in [-0.05, 0) is 32.3 Å². The Labute approximate surface area is 102 Å². The summed E-state index contributed by atoms with van der Waals surface area (Å²) < 4.78 is 18.1. The Morgan fingerprint density at radius 1 is 1.35 bits per heavy atom. The average Bonchev–Trinajstić information content (AvgIpc) is 2.85. The van der Waals surface area contributed by atoms with Crippen LogP contribution in [0, 0.1) is 5.82 Å². The molecule has 3 N–H and O–H groups in total. The first kappa shape index (κ1) is 10.2. The molecule has 0 radical (unpaired) electrons. The van der Waals surface area contributed by atoms with Gasteiger partial charge in [0.2, 0.25) is 0 Å². The second-order valence-electron chi connectivity index (χ2n) is 3.37. The number of nitrogens with one attached hydrogen (secondary N) is 1. The molecule has 3 aromatic rings. The van der Waals surface area contributed by atoms with Crippen molar-refractivity contribution < 1.29 is 9.02 Å². The molecule has 8 heteroatoms. The van der Waals surface area contributed by atoms with E-state index < -0.39 is 0 Å². The van der Waals surface area contributed by atoms with E-state index in [0.29, 0.717) is 27.0 Å². The van der Waals surface area contributed by atoms with Crippen LogP contribution in [0.5, 0.6) is 0 Å². The molecule has 1 aromatic carbocycles. The van der Waals surface area contributed by atoms with E-state index in [2.05, 4.69) is 40.8 Å². The van der Waals surface area contributed by atoms with Crippen LogP contribution in [0.4, 0.5) is 10.2 Å². The lowest BCUT2D eigenvalue weighted by Gasteiger charge is -1.92. The Balaban J connectivity index is 2.24. The van der Waals surface area contributed by atoms with Gasteiger partial charge >= 0.3 is 0 Å². The van der Waals surface area contributed by atoms with Crippen LogP contribution >= 0.6 is 15.9 Å². The molecule has 0 aliphatic rings. The molecule has 0 unspecified atom stereocenters. The second kappa shape index (κ2) is 3.52. The Morgan fingerprint density at radius 2 is 2.18 bits per heavy atom. The van der Waals surface area contributed by atoms with Crippen LogP contribution in [0.3, 0.4) is 0 Å². The third-order valence-corrected chi connectivity index (χ3v) is 2.87. The molecule has 6 nitrogen and oxygen atoms in total. The molecule has 0 saturated heterocycles. The minimum Gasteiger partial charge on any atom is -0.379 e. The summed E-state index contributed by atoms with van der Waals surface area (Å²) in [5, 5.41) is 7.06. The number of aromatic nitrogens is 4. The Bertz CT molecular complexity index is 668. The highest BCUT2D eigenvalue weighted by molar-refractivity contribution is 9.10. The van der Waals surface area contributed by atoms with Crippen LogP contribution in [-0.2, 0) is 0 Å². The lowest BCUT2D eigenvalue weighted by molar-refractivity contribution is 0.310. The van der Waals surface area contributed by atoms with E-state index >= 15 is 0 Å². The van der Waals surface area contributed by atoms with Crippen molar-refractivity contribution in [2.24, 2.45) is 0 Å². The van der Waals surface area contributed by atoms with E-state index in [9.17, 15) is 4.39 Å². The molecule has 0 atom stereocenters. The van der Waals surface area contributed by atoms with E-state index in [1.54, 1.807) is 6.07 Å². The van der Waals surface area contributed by atoms with Gasteiger partial charge in [-0.15, -0.1) is 0 Å². The van der Waals surface area contributed by atoms with Crippen LogP contribution in [0.2, 0.25) is 0 Å². The first-order valence-corrected chi connectivity index (χ1v) is 5.37. The van der Waals surface area contributed by atoms with Crippen molar-refractivity contribution in [3.8, 4) is 11.5 Å². The van der Waals surface area contributed by atoms with Gasteiger partial charge in [-0.2, -0.15) is 0 Å². The lowest BCUT2D eigenvalue weighted by Crippen LogP contribution is -1.89. The van der Waals surface area contributed by atoms with E-state index in [4.69, 9.17) is 5.73 Å². The van der Waals surface area contributed by atoms with E-state index in [0.717, 1.165) is 0 Å². The monoisotopic (exact) mass is 297 g/mol. The van der Waals surface area contributed by atoms with Gasteiger partial charge in [0.25, 0.3) is 0 Å². The number of nitrogen functional groups attached to an aromatic ring is 1. The first-order valence-electron chi connectivity index (χ1n) is 4.58. The van der Waals surface area contributed by atoms with Gasteiger partial charge in [-0.1, -0.05) is 0 Å². The van der Waals surface area contributed by atoms with Crippen molar-refractivity contribution >= 4 is 32.8 Å². The molecule has 0 saturated carbocycles. The molecule has 0 amide bonds. The lowest BCUT2D eigenvalue weighted by atomic mass is 10.3. The topological polar surface area (TPSA) is 93.6 Å². The molecule has 0 fully saturated rings. The van der Waals surface area contributed by atoms with Crippen molar-refractivity contribution in [1.82, 2.24) is 20.3 Å². The Kier molecular flexibility index (Phi) is 2.11. The van der Waals surface area contributed by atoms with Gasteiger partial charge in [0.1, 0.15) is 5.82 Å². The summed E-state index contributed by atoms with van der Waals surface area (Å²) >= 11 is 3.09. The number of halogens is 2. The molecule has 3 rings (SSSR count). The van der Waals surface area contributed by atoms with Crippen molar-refractivity contribution in [2.75, 3.05) is 5.73 Å². The highest BCUT2D eigenvalue weighted by atomic mass is 79.9. The molecule has 86 valence electrons. The molecule has 0 aliphatic carbocycles. The molecule has 2 heterocycles. The zero-order valence-electron chi connectivity index (χ0n) is 8.24. The summed E-state index contributed by atoms with van der Waals surface area (Å²) in [6.07, 6.45) is 0. The number of H-pyrrole nitrogens is 1. The van der Waals surface area contributed by atoms with Crippen LogP contribution in [0.25, 0.3) is 22.6 Å². The van der Waals surface area contributed by atoms with Crippen LogP contribution < -0.4 is 5.73 Å². The van der Waals surface area contributed by atoms with Crippen LogP contribution in [0.1, 0.15) is 0 Å². The van der Waals surface area contributed by atoms with Gasteiger partial charge in [0.15, 0.2) is 17.3 Å². The third-order valence-electron chi connectivity index (χ3n) is 2.26. The van der Waals surface area contributed by atoms with E-state index in [1.807, 2.05) is 0 Å². The number of anilines is 1. The fourth-order valence-electron chi connectivity index (χ4n) is 1.48. The predicted octanol–water partition coefficient (Wildman–Crippen LogP) is 2.10.